The molecule has 0 aromatic carbocycles. The van der Waals surface area contributed by atoms with Gasteiger partial charge in [-0.05, 0) is 66.0 Å². The van der Waals surface area contributed by atoms with Gasteiger partial charge in [0.25, 0.3) is 0 Å². The van der Waals surface area contributed by atoms with Gasteiger partial charge in [0, 0.05) is 32.2 Å². The zero-order valence-corrected chi connectivity index (χ0v) is 17.1. The number of carbonyl (C=O) groups is 1. The maximum absolute atomic E-state index is 12.9. The first-order valence-electron chi connectivity index (χ1n) is 14.3. The van der Waals surface area contributed by atoms with Crippen LogP contribution in [0, 0.1) is 0 Å². The van der Waals surface area contributed by atoms with E-state index in [1.54, 1.807) is 27.7 Å². The SMILES string of the molecule is [2H]c1nc(N2C([2H])([2H])C([2H])([2H])N(C(=O)OC(C)(C)C)C([2H])([2H])C2([2H])[2H])c([2H])c(B2OC(C)(C)C(C)(C)O2)c1[2H]. The van der Waals surface area contributed by atoms with E-state index in [4.69, 9.17) is 29.1 Å². The highest BCUT2D eigenvalue weighted by Crippen LogP contribution is 2.36. The predicted octanol–water partition coefficient (Wildman–Crippen LogP) is 2.44. The Hall–Kier alpha value is -1.80. The van der Waals surface area contributed by atoms with E-state index in [1.807, 2.05) is 0 Å². The number of piperazine rings is 1. The highest BCUT2D eigenvalue weighted by molar-refractivity contribution is 6.62. The highest BCUT2D eigenvalue weighted by atomic mass is 16.7. The number of pyridine rings is 1. The average molecular weight is 400 g/mol. The van der Waals surface area contributed by atoms with E-state index in [9.17, 15) is 4.79 Å². The lowest BCUT2D eigenvalue weighted by Crippen LogP contribution is -2.50. The Kier molecular flexibility index (Phi) is 2.80. The third-order valence-corrected chi connectivity index (χ3v) is 4.42. The molecule has 8 heteroatoms. The summed E-state index contributed by atoms with van der Waals surface area (Å²) in [5.74, 6) is -0.979. The van der Waals surface area contributed by atoms with Gasteiger partial charge in [0.15, 0.2) is 0 Å². The van der Waals surface area contributed by atoms with E-state index in [0.29, 0.717) is 0 Å². The van der Waals surface area contributed by atoms with Gasteiger partial charge in [-0.25, -0.2) is 9.78 Å². The molecule has 2 aliphatic rings. The molecule has 1 amide bonds. The van der Waals surface area contributed by atoms with Crippen molar-refractivity contribution in [3.63, 3.8) is 0 Å². The van der Waals surface area contributed by atoms with E-state index in [-0.39, 0.29) is 9.80 Å². The largest absolute Gasteiger partial charge is 0.495 e. The summed E-state index contributed by atoms with van der Waals surface area (Å²) in [5.41, 5.74) is -3.54. The molecule has 2 fully saturated rings. The van der Waals surface area contributed by atoms with Gasteiger partial charge in [0.2, 0.25) is 0 Å². The number of amides is 1. The van der Waals surface area contributed by atoms with Crippen molar-refractivity contribution in [2.24, 2.45) is 0 Å². The molecule has 28 heavy (non-hydrogen) atoms. The molecule has 0 spiro atoms. The van der Waals surface area contributed by atoms with Crippen LogP contribution in [0.2, 0.25) is 0 Å². The second-order valence-corrected chi connectivity index (χ2v) is 8.40. The van der Waals surface area contributed by atoms with Gasteiger partial charge >= 0.3 is 13.2 Å². The Morgan fingerprint density at radius 1 is 1.21 bits per heavy atom. The third-order valence-electron chi connectivity index (χ3n) is 4.42. The van der Waals surface area contributed by atoms with Gasteiger partial charge in [0.05, 0.1) is 26.3 Å². The van der Waals surface area contributed by atoms with Crippen LogP contribution in [0.3, 0.4) is 0 Å². The summed E-state index contributed by atoms with van der Waals surface area (Å²) in [6.45, 7) is -3.31. The maximum Gasteiger partial charge on any atom is 0.495 e. The molecule has 0 N–H and O–H groups in total. The summed E-state index contributed by atoms with van der Waals surface area (Å²) in [6, 6.07) is -1.46. The predicted molar refractivity (Wildman–Crippen MR) is 110 cm³/mol. The van der Waals surface area contributed by atoms with E-state index in [1.165, 1.54) is 20.8 Å². The summed E-state index contributed by atoms with van der Waals surface area (Å²) in [6.07, 6.45) is -2.49. The van der Waals surface area contributed by atoms with Crippen molar-refractivity contribution in [3.05, 3.63) is 18.3 Å². The monoisotopic (exact) mass is 400 g/mol. The van der Waals surface area contributed by atoms with Gasteiger partial charge in [-0.2, -0.15) is 0 Å². The number of anilines is 1. The molecule has 0 radical (unpaired) electrons. The number of nitrogens with zero attached hydrogens (tertiary/aromatic N) is 3. The van der Waals surface area contributed by atoms with Crippen LogP contribution in [0.15, 0.2) is 18.3 Å². The van der Waals surface area contributed by atoms with Gasteiger partial charge in [-0.3, -0.25) is 0 Å². The second-order valence-electron chi connectivity index (χ2n) is 8.40. The number of ether oxygens (including phenoxy) is 1. The van der Waals surface area contributed by atoms with Crippen molar-refractivity contribution < 1.29 is 33.9 Å². The normalized spacial score (nSPS) is 34.7. The second kappa shape index (κ2) is 7.23. The van der Waals surface area contributed by atoms with E-state index in [0.717, 1.165) is 0 Å². The van der Waals surface area contributed by atoms with Crippen molar-refractivity contribution in [2.45, 2.75) is 65.3 Å². The van der Waals surface area contributed by atoms with Crippen LogP contribution in [-0.4, -0.2) is 65.9 Å². The summed E-state index contributed by atoms with van der Waals surface area (Å²) in [5, 5.41) is 0. The Morgan fingerprint density at radius 3 is 2.32 bits per heavy atom. The van der Waals surface area contributed by atoms with Crippen molar-refractivity contribution in [3.8, 4) is 0 Å². The number of hydrogen-bond acceptors (Lipinski definition) is 6. The lowest BCUT2D eigenvalue weighted by atomic mass is 9.79. The fourth-order valence-corrected chi connectivity index (χ4v) is 2.27. The van der Waals surface area contributed by atoms with Gasteiger partial charge in [-0.1, -0.05) is 0 Å². The van der Waals surface area contributed by atoms with Gasteiger partial charge in [-0.15, -0.1) is 0 Å². The smallest absolute Gasteiger partial charge is 0.444 e. The Bertz CT molecular complexity index is 1150. The fraction of sp³-hybridized carbons (Fsp3) is 0.700. The molecule has 1 aromatic heterocycles. The van der Waals surface area contributed by atoms with E-state index in [2.05, 4.69) is 4.98 Å². The number of aromatic nitrogens is 1. The summed E-state index contributed by atoms with van der Waals surface area (Å²) >= 11 is 0. The Morgan fingerprint density at radius 2 is 1.79 bits per heavy atom. The molecule has 2 saturated heterocycles. The van der Waals surface area contributed by atoms with Crippen molar-refractivity contribution in [2.75, 3.05) is 30.9 Å². The topological polar surface area (TPSA) is 64.1 Å². The molecule has 3 rings (SSSR count). The quantitative estimate of drug-likeness (QED) is 0.711. The van der Waals surface area contributed by atoms with Crippen LogP contribution in [0.4, 0.5) is 10.6 Å². The standard InChI is InChI=1S/C20H32BN3O4/c1-18(2,3)26-17(25)24-12-10-23(11-13-24)16-14-15(8-9-22-16)21-27-19(4,5)20(6,7)28-21/h8-9,14H,10-13H2,1-7H3/i8D,9D,10D2,11D2,12D2,13D2,14D. The van der Waals surface area contributed by atoms with Crippen LogP contribution in [-0.2, 0) is 14.0 Å². The minimum atomic E-state index is -3.59. The molecule has 0 atom stereocenters. The van der Waals surface area contributed by atoms with Crippen LogP contribution in [0.5, 0.6) is 0 Å². The first-order chi connectivity index (χ1) is 17.1. The van der Waals surface area contributed by atoms with Crippen LogP contribution in [0.1, 0.15) is 63.5 Å². The molecule has 0 bridgehead atoms. The molecular weight excluding hydrogens is 357 g/mol. The third kappa shape index (κ3) is 4.44. The number of hydrogen-bond donors (Lipinski definition) is 0. The van der Waals surface area contributed by atoms with Crippen molar-refractivity contribution in [1.82, 2.24) is 9.88 Å². The molecule has 3 heterocycles. The van der Waals surface area contributed by atoms with Gasteiger partial charge < -0.3 is 23.8 Å². The van der Waals surface area contributed by atoms with E-state index >= 15 is 0 Å². The van der Waals surface area contributed by atoms with E-state index < -0.39 is 85.5 Å². The molecule has 0 saturated carbocycles. The first-order valence-corrected chi connectivity index (χ1v) is 8.82. The maximum atomic E-state index is 12.9. The molecule has 154 valence electrons. The fourth-order valence-electron chi connectivity index (χ4n) is 2.27. The lowest BCUT2D eigenvalue weighted by molar-refractivity contribution is 0.00578. The summed E-state index contributed by atoms with van der Waals surface area (Å²) in [7, 11) is -1.42. The van der Waals surface area contributed by atoms with Crippen molar-refractivity contribution >= 4 is 24.5 Å². The van der Waals surface area contributed by atoms with Crippen LogP contribution >= 0.6 is 0 Å². The molecule has 1 aromatic rings. The molecule has 0 aliphatic carbocycles. The Labute approximate surface area is 183 Å². The molecule has 0 unspecified atom stereocenters. The minimum Gasteiger partial charge on any atom is -0.444 e. The summed E-state index contributed by atoms with van der Waals surface area (Å²) in [4.78, 5) is 16.3. The molecule has 2 aliphatic heterocycles. The lowest BCUT2D eigenvalue weighted by Gasteiger charge is -2.36. The number of carbonyl (C=O) groups excluding carboxylic acids is 1. The molecule has 7 nitrogen and oxygen atoms in total. The summed E-state index contributed by atoms with van der Waals surface area (Å²) < 4.78 is 110. The molecular formula is C20H32BN3O4. The van der Waals surface area contributed by atoms with Crippen molar-refractivity contribution in [1.29, 1.82) is 0 Å². The zero-order chi connectivity index (χ0) is 30.5. The highest BCUT2D eigenvalue weighted by Gasteiger charge is 2.51. The van der Waals surface area contributed by atoms with Crippen LogP contribution < -0.4 is 10.4 Å². The first kappa shape index (κ1) is 10.8. The zero-order valence-electron chi connectivity index (χ0n) is 28.1. The Balaban J connectivity index is 2.28. The minimum absolute atomic E-state index is 0.0462. The average Bonchev–Trinajstić information content (AvgIpc) is 2.89. The van der Waals surface area contributed by atoms with Crippen LogP contribution in [0.25, 0.3) is 0 Å². The van der Waals surface area contributed by atoms with Gasteiger partial charge in [0.1, 0.15) is 11.4 Å². The number of rotatable bonds is 2.